The van der Waals surface area contributed by atoms with Gasteiger partial charge in [0.1, 0.15) is 0 Å². The second-order valence-corrected chi connectivity index (χ2v) is 7.32. The van der Waals surface area contributed by atoms with Crippen LogP contribution in [0.1, 0.15) is 18.4 Å². The van der Waals surface area contributed by atoms with Crippen molar-refractivity contribution in [3.8, 4) is 5.75 Å². The lowest BCUT2D eigenvalue weighted by molar-refractivity contribution is 0.383. The Labute approximate surface area is 134 Å². The van der Waals surface area contributed by atoms with Crippen LogP contribution in [0.2, 0.25) is 0 Å². The molecule has 1 aromatic heterocycles. The molecule has 3 rings (SSSR count). The maximum atomic E-state index is 13.9. The SMILES string of the molecule is COc1ccc(S(=O)(=O)N(Cc2ccncc2)C2CC2)cc1F. The van der Waals surface area contributed by atoms with Crippen LogP contribution >= 0.6 is 0 Å². The summed E-state index contributed by atoms with van der Waals surface area (Å²) in [5, 5.41) is 0. The van der Waals surface area contributed by atoms with Gasteiger partial charge in [0.05, 0.1) is 12.0 Å². The van der Waals surface area contributed by atoms with Gasteiger partial charge in [0, 0.05) is 25.0 Å². The van der Waals surface area contributed by atoms with Gasteiger partial charge in [-0.05, 0) is 48.7 Å². The molecule has 5 nitrogen and oxygen atoms in total. The second kappa shape index (κ2) is 6.25. The van der Waals surface area contributed by atoms with Gasteiger partial charge < -0.3 is 4.74 Å². The van der Waals surface area contributed by atoms with Gasteiger partial charge in [-0.25, -0.2) is 12.8 Å². The molecule has 1 saturated carbocycles. The molecule has 7 heteroatoms. The zero-order valence-corrected chi connectivity index (χ0v) is 13.5. The zero-order valence-electron chi connectivity index (χ0n) is 12.6. The van der Waals surface area contributed by atoms with Crippen molar-refractivity contribution in [2.75, 3.05) is 7.11 Å². The van der Waals surface area contributed by atoms with Crippen molar-refractivity contribution in [2.24, 2.45) is 0 Å². The number of hydrogen-bond donors (Lipinski definition) is 0. The molecule has 1 aromatic carbocycles. The van der Waals surface area contributed by atoms with Crippen LogP contribution in [0.15, 0.2) is 47.6 Å². The third-order valence-corrected chi connectivity index (χ3v) is 5.67. The minimum atomic E-state index is -3.77. The lowest BCUT2D eigenvalue weighted by Crippen LogP contribution is -2.32. The number of rotatable bonds is 6. The van der Waals surface area contributed by atoms with Gasteiger partial charge in [-0.15, -0.1) is 0 Å². The summed E-state index contributed by atoms with van der Waals surface area (Å²) >= 11 is 0. The summed E-state index contributed by atoms with van der Waals surface area (Å²) in [5.41, 5.74) is 0.851. The van der Waals surface area contributed by atoms with E-state index in [0.29, 0.717) is 0 Å². The molecule has 1 aliphatic carbocycles. The average molecular weight is 336 g/mol. The van der Waals surface area contributed by atoms with Crippen LogP contribution in [0.4, 0.5) is 4.39 Å². The van der Waals surface area contributed by atoms with E-state index in [0.717, 1.165) is 24.5 Å². The van der Waals surface area contributed by atoms with E-state index in [2.05, 4.69) is 4.98 Å². The van der Waals surface area contributed by atoms with Crippen molar-refractivity contribution in [2.45, 2.75) is 30.3 Å². The van der Waals surface area contributed by atoms with E-state index in [-0.39, 0.29) is 23.2 Å². The van der Waals surface area contributed by atoms with E-state index < -0.39 is 15.8 Å². The Balaban J connectivity index is 1.93. The number of halogens is 1. The minimum Gasteiger partial charge on any atom is -0.494 e. The van der Waals surface area contributed by atoms with Gasteiger partial charge in [-0.2, -0.15) is 4.31 Å². The maximum Gasteiger partial charge on any atom is 0.243 e. The Kier molecular flexibility index (Phi) is 4.32. The summed E-state index contributed by atoms with van der Waals surface area (Å²) in [4.78, 5) is 3.87. The van der Waals surface area contributed by atoms with E-state index in [4.69, 9.17) is 4.74 Å². The number of sulfonamides is 1. The Morgan fingerprint density at radius 2 is 1.96 bits per heavy atom. The van der Waals surface area contributed by atoms with E-state index in [1.54, 1.807) is 24.5 Å². The molecule has 0 bridgehead atoms. The first-order valence-corrected chi connectivity index (χ1v) is 8.70. The summed E-state index contributed by atoms with van der Waals surface area (Å²) in [6, 6.07) is 7.24. The van der Waals surface area contributed by atoms with Crippen molar-refractivity contribution in [3.63, 3.8) is 0 Å². The average Bonchev–Trinajstić information content (AvgIpc) is 3.38. The quantitative estimate of drug-likeness (QED) is 0.813. The molecule has 1 fully saturated rings. The van der Waals surface area contributed by atoms with Gasteiger partial charge in [-0.3, -0.25) is 4.98 Å². The fraction of sp³-hybridized carbons (Fsp3) is 0.312. The molecule has 0 aliphatic heterocycles. The van der Waals surface area contributed by atoms with Crippen molar-refractivity contribution in [1.82, 2.24) is 9.29 Å². The summed E-state index contributed by atoms with van der Waals surface area (Å²) in [6.45, 7) is 0.253. The molecule has 122 valence electrons. The number of ether oxygens (including phenoxy) is 1. The highest BCUT2D eigenvalue weighted by Crippen LogP contribution is 2.34. The Bertz CT molecular complexity index is 792. The Hall–Kier alpha value is -1.99. The highest BCUT2D eigenvalue weighted by molar-refractivity contribution is 7.89. The first-order chi connectivity index (χ1) is 11.0. The number of nitrogens with zero attached hydrogens (tertiary/aromatic N) is 2. The van der Waals surface area contributed by atoms with Crippen LogP contribution < -0.4 is 4.74 Å². The van der Waals surface area contributed by atoms with E-state index in [9.17, 15) is 12.8 Å². The molecular formula is C16H17FN2O3S. The molecule has 0 amide bonds. The van der Waals surface area contributed by atoms with Crippen LogP contribution in [0.25, 0.3) is 0 Å². The monoisotopic (exact) mass is 336 g/mol. The Morgan fingerprint density at radius 3 is 2.52 bits per heavy atom. The van der Waals surface area contributed by atoms with E-state index >= 15 is 0 Å². The standard InChI is InChI=1S/C16H17FN2O3S/c1-22-16-5-4-14(10-15(16)17)23(20,21)19(13-2-3-13)11-12-6-8-18-9-7-12/h4-10,13H,2-3,11H2,1H3. The molecule has 2 aromatic rings. The number of pyridine rings is 1. The summed E-state index contributed by atoms with van der Waals surface area (Å²) < 4.78 is 45.9. The van der Waals surface area contributed by atoms with Crippen LogP contribution in [-0.2, 0) is 16.6 Å². The summed E-state index contributed by atoms with van der Waals surface area (Å²) in [6.07, 6.45) is 4.89. The number of benzene rings is 1. The first kappa shape index (κ1) is 15.9. The second-order valence-electron chi connectivity index (χ2n) is 5.43. The fourth-order valence-electron chi connectivity index (χ4n) is 2.38. The minimum absolute atomic E-state index is 0.0241. The van der Waals surface area contributed by atoms with Crippen molar-refractivity contribution in [3.05, 3.63) is 54.1 Å². The molecular weight excluding hydrogens is 319 g/mol. The molecule has 0 saturated heterocycles. The van der Waals surface area contributed by atoms with Gasteiger partial charge in [0.25, 0.3) is 0 Å². The molecule has 0 spiro atoms. The van der Waals surface area contributed by atoms with Crippen LogP contribution in [0.5, 0.6) is 5.75 Å². The smallest absolute Gasteiger partial charge is 0.243 e. The first-order valence-electron chi connectivity index (χ1n) is 7.26. The van der Waals surface area contributed by atoms with E-state index in [1.165, 1.54) is 23.5 Å². The van der Waals surface area contributed by atoms with Gasteiger partial charge >= 0.3 is 0 Å². The maximum absolute atomic E-state index is 13.9. The topological polar surface area (TPSA) is 59.5 Å². The third-order valence-electron chi connectivity index (χ3n) is 3.77. The van der Waals surface area contributed by atoms with Gasteiger partial charge in [0.15, 0.2) is 11.6 Å². The highest BCUT2D eigenvalue weighted by atomic mass is 32.2. The van der Waals surface area contributed by atoms with E-state index in [1.807, 2.05) is 0 Å². The molecule has 0 radical (unpaired) electrons. The molecule has 1 aliphatic rings. The molecule has 0 N–H and O–H groups in total. The van der Waals surface area contributed by atoms with Gasteiger partial charge in [-0.1, -0.05) is 0 Å². The summed E-state index contributed by atoms with van der Waals surface area (Å²) in [7, 11) is -2.43. The molecule has 0 atom stereocenters. The summed E-state index contributed by atoms with van der Waals surface area (Å²) in [5.74, 6) is -0.663. The Morgan fingerprint density at radius 1 is 1.26 bits per heavy atom. The van der Waals surface area contributed by atoms with Crippen molar-refractivity contribution >= 4 is 10.0 Å². The van der Waals surface area contributed by atoms with Crippen LogP contribution in [-0.4, -0.2) is 30.9 Å². The largest absolute Gasteiger partial charge is 0.494 e. The van der Waals surface area contributed by atoms with Gasteiger partial charge in [0.2, 0.25) is 10.0 Å². The number of aromatic nitrogens is 1. The molecule has 0 unspecified atom stereocenters. The van der Waals surface area contributed by atoms with Crippen LogP contribution in [0, 0.1) is 5.82 Å². The normalized spacial score (nSPS) is 14.9. The van der Waals surface area contributed by atoms with Crippen molar-refractivity contribution < 1.29 is 17.5 Å². The predicted octanol–water partition coefficient (Wildman–Crippen LogP) is 2.58. The number of hydrogen-bond acceptors (Lipinski definition) is 4. The fourth-order valence-corrected chi connectivity index (χ4v) is 4.07. The predicted molar refractivity (Wildman–Crippen MR) is 82.9 cm³/mol. The third kappa shape index (κ3) is 3.35. The van der Waals surface area contributed by atoms with Crippen LogP contribution in [0.3, 0.4) is 0 Å². The lowest BCUT2D eigenvalue weighted by atomic mass is 10.3. The number of methoxy groups -OCH3 is 1. The van der Waals surface area contributed by atoms with Crippen molar-refractivity contribution in [1.29, 1.82) is 0 Å². The highest BCUT2D eigenvalue weighted by Gasteiger charge is 2.38. The lowest BCUT2D eigenvalue weighted by Gasteiger charge is -2.22. The zero-order chi connectivity index (χ0) is 16.4. The molecule has 1 heterocycles. The molecule has 23 heavy (non-hydrogen) atoms.